The van der Waals surface area contributed by atoms with E-state index in [0.717, 1.165) is 5.56 Å². The number of para-hydroxylation sites is 2. The van der Waals surface area contributed by atoms with E-state index >= 15 is 0 Å². The molecule has 2 aromatic rings. The van der Waals surface area contributed by atoms with Gasteiger partial charge < -0.3 is 15.0 Å². The zero-order chi connectivity index (χ0) is 20.1. The molecule has 2 amide bonds. The average Bonchev–Trinajstić information content (AvgIpc) is 2.81. The molecule has 146 valence electrons. The predicted molar refractivity (Wildman–Crippen MR) is 107 cm³/mol. The Labute approximate surface area is 164 Å². The van der Waals surface area contributed by atoms with Crippen molar-refractivity contribution in [3.05, 3.63) is 60.2 Å². The molecule has 0 aliphatic carbocycles. The maximum atomic E-state index is 12.9. The quantitative estimate of drug-likeness (QED) is 0.806. The first kappa shape index (κ1) is 19.6. The zero-order valence-corrected chi connectivity index (χ0v) is 16.1. The SMILES string of the molecule is CC[C@H](C(=O)OCC(=O)N1c2ccccc2NC(=O)C[C@@H]1C)c1ccccc1. The molecule has 0 fully saturated rings. The van der Waals surface area contributed by atoms with Crippen molar-refractivity contribution < 1.29 is 19.1 Å². The molecule has 1 aliphatic rings. The van der Waals surface area contributed by atoms with E-state index in [2.05, 4.69) is 5.32 Å². The summed E-state index contributed by atoms with van der Waals surface area (Å²) in [6.45, 7) is 3.35. The molecule has 1 N–H and O–H groups in total. The number of carbonyl (C=O) groups is 3. The standard InChI is InChI=1S/C22H24N2O4/c1-3-17(16-9-5-4-6-10-16)22(27)28-14-21(26)24-15(2)13-20(25)23-18-11-7-8-12-19(18)24/h4-12,15,17H,3,13-14H2,1-2H3,(H,23,25)/t15-,17-/m0/s1. The van der Waals surface area contributed by atoms with Crippen molar-refractivity contribution in [3.63, 3.8) is 0 Å². The van der Waals surface area contributed by atoms with Crippen LogP contribution in [-0.2, 0) is 19.1 Å². The monoisotopic (exact) mass is 380 g/mol. The van der Waals surface area contributed by atoms with Crippen LogP contribution in [0.4, 0.5) is 11.4 Å². The Bertz CT molecular complexity index is 866. The molecule has 1 heterocycles. The van der Waals surface area contributed by atoms with Crippen molar-refractivity contribution in [2.45, 2.75) is 38.6 Å². The minimum atomic E-state index is -0.424. The van der Waals surface area contributed by atoms with Crippen LogP contribution in [0.2, 0.25) is 0 Å². The van der Waals surface area contributed by atoms with Gasteiger partial charge in [-0.25, -0.2) is 0 Å². The number of nitrogens with zero attached hydrogens (tertiary/aromatic N) is 1. The van der Waals surface area contributed by atoms with Gasteiger partial charge >= 0.3 is 5.97 Å². The Morgan fingerprint density at radius 3 is 2.54 bits per heavy atom. The number of amides is 2. The number of rotatable bonds is 5. The summed E-state index contributed by atoms with van der Waals surface area (Å²) in [6.07, 6.45) is 0.758. The third-order valence-electron chi connectivity index (χ3n) is 4.86. The van der Waals surface area contributed by atoms with Gasteiger partial charge in [0.15, 0.2) is 6.61 Å². The van der Waals surface area contributed by atoms with Gasteiger partial charge in [0.25, 0.3) is 5.91 Å². The lowest BCUT2D eigenvalue weighted by molar-refractivity contribution is -0.149. The number of fused-ring (bicyclic) bond motifs is 1. The maximum Gasteiger partial charge on any atom is 0.313 e. The third-order valence-corrected chi connectivity index (χ3v) is 4.86. The summed E-state index contributed by atoms with van der Waals surface area (Å²) in [4.78, 5) is 39.0. The van der Waals surface area contributed by atoms with Gasteiger partial charge in [0, 0.05) is 12.5 Å². The van der Waals surface area contributed by atoms with Gasteiger partial charge in [-0.3, -0.25) is 14.4 Å². The van der Waals surface area contributed by atoms with Crippen LogP contribution in [-0.4, -0.2) is 30.4 Å². The number of nitrogens with one attached hydrogen (secondary N) is 1. The third kappa shape index (κ3) is 4.22. The Balaban J connectivity index is 1.73. The lowest BCUT2D eigenvalue weighted by Gasteiger charge is -2.27. The highest BCUT2D eigenvalue weighted by Gasteiger charge is 2.30. The highest BCUT2D eigenvalue weighted by atomic mass is 16.5. The number of carbonyl (C=O) groups excluding carboxylic acids is 3. The van der Waals surface area contributed by atoms with Crippen LogP contribution in [0.3, 0.4) is 0 Å². The fraction of sp³-hybridized carbons (Fsp3) is 0.318. The van der Waals surface area contributed by atoms with Crippen molar-refractivity contribution in [1.82, 2.24) is 0 Å². The van der Waals surface area contributed by atoms with E-state index in [4.69, 9.17) is 4.74 Å². The second-order valence-corrected chi connectivity index (χ2v) is 6.86. The molecule has 0 bridgehead atoms. The van der Waals surface area contributed by atoms with Crippen LogP contribution >= 0.6 is 0 Å². The molecule has 0 aromatic heterocycles. The molecule has 3 rings (SSSR count). The van der Waals surface area contributed by atoms with Gasteiger partial charge in [0.1, 0.15) is 0 Å². The maximum absolute atomic E-state index is 12.9. The second kappa shape index (κ2) is 8.69. The molecule has 0 saturated carbocycles. The van der Waals surface area contributed by atoms with Gasteiger partial charge in [-0.2, -0.15) is 0 Å². The minimum absolute atomic E-state index is 0.151. The van der Waals surface area contributed by atoms with E-state index in [1.54, 1.807) is 31.2 Å². The van der Waals surface area contributed by atoms with Crippen LogP contribution < -0.4 is 10.2 Å². The number of esters is 1. The van der Waals surface area contributed by atoms with Crippen molar-refractivity contribution in [3.8, 4) is 0 Å². The molecule has 0 spiro atoms. The van der Waals surface area contributed by atoms with E-state index < -0.39 is 11.9 Å². The summed E-state index contributed by atoms with van der Waals surface area (Å²) in [7, 11) is 0. The second-order valence-electron chi connectivity index (χ2n) is 6.86. The molecule has 0 saturated heterocycles. The molecular weight excluding hydrogens is 356 g/mol. The lowest BCUT2D eigenvalue weighted by atomic mass is 9.97. The van der Waals surface area contributed by atoms with E-state index in [1.807, 2.05) is 37.3 Å². The summed E-state index contributed by atoms with van der Waals surface area (Å²) < 4.78 is 5.36. The first-order valence-corrected chi connectivity index (χ1v) is 9.43. The predicted octanol–water partition coefficient (Wildman–Crippen LogP) is 3.49. The van der Waals surface area contributed by atoms with Crippen LogP contribution in [0.1, 0.15) is 38.2 Å². The van der Waals surface area contributed by atoms with Crippen LogP contribution in [0.5, 0.6) is 0 Å². The Morgan fingerprint density at radius 2 is 1.82 bits per heavy atom. The van der Waals surface area contributed by atoms with Crippen molar-refractivity contribution >= 4 is 29.2 Å². The molecule has 28 heavy (non-hydrogen) atoms. The molecular formula is C22H24N2O4. The molecule has 6 heteroatoms. The van der Waals surface area contributed by atoms with Crippen LogP contribution in [0, 0.1) is 0 Å². The largest absolute Gasteiger partial charge is 0.455 e. The highest BCUT2D eigenvalue weighted by Crippen LogP contribution is 2.31. The Hall–Kier alpha value is -3.15. The number of ether oxygens (including phenoxy) is 1. The van der Waals surface area contributed by atoms with E-state index in [-0.39, 0.29) is 30.9 Å². The summed E-state index contributed by atoms with van der Waals surface area (Å²) in [5.74, 6) is -1.34. The van der Waals surface area contributed by atoms with E-state index in [1.165, 1.54) is 4.90 Å². The minimum Gasteiger partial charge on any atom is -0.455 e. The summed E-state index contributed by atoms with van der Waals surface area (Å²) in [5.41, 5.74) is 2.05. The van der Waals surface area contributed by atoms with Gasteiger partial charge in [-0.1, -0.05) is 49.4 Å². The fourth-order valence-electron chi connectivity index (χ4n) is 3.49. The van der Waals surface area contributed by atoms with Crippen LogP contribution in [0.15, 0.2) is 54.6 Å². The first-order valence-electron chi connectivity index (χ1n) is 9.43. The molecule has 1 aliphatic heterocycles. The Kier molecular flexibility index (Phi) is 6.09. The van der Waals surface area contributed by atoms with E-state index in [0.29, 0.717) is 17.8 Å². The smallest absolute Gasteiger partial charge is 0.313 e. The number of hydrogen-bond acceptors (Lipinski definition) is 4. The number of anilines is 2. The molecule has 0 radical (unpaired) electrons. The number of benzene rings is 2. The summed E-state index contributed by atoms with van der Waals surface area (Å²) >= 11 is 0. The van der Waals surface area contributed by atoms with Crippen LogP contribution in [0.25, 0.3) is 0 Å². The average molecular weight is 380 g/mol. The summed E-state index contributed by atoms with van der Waals surface area (Å²) in [6, 6.07) is 16.2. The lowest BCUT2D eigenvalue weighted by Crippen LogP contribution is -2.41. The molecule has 2 aromatic carbocycles. The fourth-order valence-corrected chi connectivity index (χ4v) is 3.49. The van der Waals surface area contributed by atoms with Gasteiger partial charge in [0.2, 0.25) is 5.91 Å². The van der Waals surface area contributed by atoms with Gasteiger partial charge in [0.05, 0.1) is 17.3 Å². The van der Waals surface area contributed by atoms with E-state index in [9.17, 15) is 14.4 Å². The van der Waals surface area contributed by atoms with Gasteiger partial charge in [-0.05, 0) is 31.0 Å². The topological polar surface area (TPSA) is 75.7 Å². The first-order chi connectivity index (χ1) is 13.5. The summed E-state index contributed by atoms with van der Waals surface area (Å²) in [5, 5.41) is 2.81. The van der Waals surface area contributed by atoms with Crippen molar-refractivity contribution in [2.24, 2.45) is 0 Å². The highest BCUT2D eigenvalue weighted by molar-refractivity contribution is 6.05. The Morgan fingerprint density at radius 1 is 1.14 bits per heavy atom. The number of hydrogen-bond donors (Lipinski definition) is 1. The van der Waals surface area contributed by atoms with Crippen molar-refractivity contribution in [2.75, 3.05) is 16.8 Å². The molecule has 2 atom stereocenters. The van der Waals surface area contributed by atoms with Crippen molar-refractivity contribution in [1.29, 1.82) is 0 Å². The van der Waals surface area contributed by atoms with Gasteiger partial charge in [-0.15, -0.1) is 0 Å². The normalized spacial score (nSPS) is 17.1. The zero-order valence-electron chi connectivity index (χ0n) is 16.1. The molecule has 0 unspecified atom stereocenters. The molecule has 6 nitrogen and oxygen atoms in total.